The Bertz CT molecular complexity index is 1130. The Hall–Kier alpha value is -2.66. The third-order valence-corrected chi connectivity index (χ3v) is 6.34. The van der Waals surface area contributed by atoms with Gasteiger partial charge in [0.25, 0.3) is 0 Å². The highest BCUT2D eigenvalue weighted by atomic mass is 32.1. The van der Waals surface area contributed by atoms with Crippen molar-refractivity contribution in [2.24, 2.45) is 0 Å². The third kappa shape index (κ3) is 4.82. The Kier molecular flexibility index (Phi) is 7.16. The van der Waals surface area contributed by atoms with E-state index < -0.39 is 0 Å². The molecule has 4 nitrogen and oxygen atoms in total. The van der Waals surface area contributed by atoms with Gasteiger partial charge in [-0.25, -0.2) is 4.79 Å². The quantitative estimate of drug-likeness (QED) is 0.290. The zero-order valence-corrected chi connectivity index (χ0v) is 20.2. The minimum absolute atomic E-state index is 0.353. The Balaban J connectivity index is 2.26. The smallest absolute Gasteiger partial charge is 0.330 e. The molecule has 0 unspecified atom stereocenters. The van der Waals surface area contributed by atoms with Crippen LogP contribution in [0.25, 0.3) is 26.8 Å². The first kappa shape index (κ1) is 23.0. The van der Waals surface area contributed by atoms with Crippen molar-refractivity contribution >= 4 is 33.0 Å². The van der Waals surface area contributed by atoms with E-state index in [0.29, 0.717) is 18.4 Å². The van der Waals surface area contributed by atoms with Crippen LogP contribution in [0.15, 0.2) is 35.9 Å². The predicted octanol–water partition coefficient (Wildman–Crippen LogP) is 7.19. The monoisotopic (exact) mass is 437 g/mol. The number of ether oxygens (including phenoxy) is 2. The molecule has 1 aromatic carbocycles. The van der Waals surface area contributed by atoms with Crippen LogP contribution >= 0.6 is 11.3 Å². The van der Waals surface area contributed by atoms with Crippen LogP contribution in [-0.2, 0) is 9.53 Å². The molecule has 0 aliphatic carbocycles. The molecule has 0 aliphatic rings. The van der Waals surface area contributed by atoms with Crippen LogP contribution in [0.2, 0.25) is 0 Å². The second kappa shape index (κ2) is 9.65. The first-order valence-electron chi connectivity index (χ1n) is 10.7. The van der Waals surface area contributed by atoms with Gasteiger partial charge in [0, 0.05) is 28.8 Å². The molecule has 5 heteroatoms. The highest BCUT2D eigenvalue weighted by molar-refractivity contribution is 7.17. The van der Waals surface area contributed by atoms with Crippen molar-refractivity contribution in [3.8, 4) is 16.9 Å². The summed E-state index contributed by atoms with van der Waals surface area (Å²) in [6.07, 6.45) is 3.35. The average molecular weight is 438 g/mol. The number of hydrogen-bond acceptors (Lipinski definition) is 5. The number of carbonyl (C=O) groups is 1. The van der Waals surface area contributed by atoms with Gasteiger partial charge in [0.15, 0.2) is 0 Å². The summed E-state index contributed by atoms with van der Waals surface area (Å²) in [5.74, 6) is 1.35. The van der Waals surface area contributed by atoms with Gasteiger partial charge in [-0.15, -0.1) is 11.3 Å². The fourth-order valence-corrected chi connectivity index (χ4v) is 4.52. The van der Waals surface area contributed by atoms with Gasteiger partial charge in [0.1, 0.15) is 5.75 Å². The summed E-state index contributed by atoms with van der Waals surface area (Å²) in [6.45, 7) is 13.4. The fourth-order valence-electron chi connectivity index (χ4n) is 3.61. The molecule has 164 valence electrons. The number of rotatable bonds is 7. The molecule has 0 bridgehead atoms. The number of methoxy groups -OCH3 is 1. The number of aromatic nitrogens is 1. The van der Waals surface area contributed by atoms with Crippen molar-refractivity contribution in [3.05, 3.63) is 52.7 Å². The molecule has 2 heterocycles. The van der Waals surface area contributed by atoms with Crippen molar-refractivity contribution < 1.29 is 14.3 Å². The van der Waals surface area contributed by atoms with E-state index in [-0.39, 0.29) is 5.97 Å². The van der Waals surface area contributed by atoms with Crippen molar-refractivity contribution in [3.63, 3.8) is 0 Å². The summed E-state index contributed by atoms with van der Waals surface area (Å²) in [7, 11) is 1.38. The number of carbonyl (C=O) groups excluding carboxylic acids is 1. The van der Waals surface area contributed by atoms with E-state index in [0.717, 1.165) is 38.2 Å². The zero-order chi connectivity index (χ0) is 22.7. The molecule has 0 amide bonds. The number of hydrogen-bond donors (Lipinski definition) is 0. The van der Waals surface area contributed by atoms with Crippen LogP contribution in [0.1, 0.15) is 70.2 Å². The van der Waals surface area contributed by atoms with Gasteiger partial charge in [0.2, 0.25) is 0 Å². The van der Waals surface area contributed by atoms with E-state index >= 15 is 0 Å². The van der Waals surface area contributed by atoms with Gasteiger partial charge in [0.05, 0.1) is 24.1 Å². The van der Waals surface area contributed by atoms with Gasteiger partial charge in [-0.2, -0.15) is 0 Å². The van der Waals surface area contributed by atoms with Crippen LogP contribution < -0.4 is 4.74 Å². The molecule has 3 rings (SSSR count). The topological polar surface area (TPSA) is 48.4 Å². The lowest BCUT2D eigenvalue weighted by atomic mass is 9.89. The van der Waals surface area contributed by atoms with Gasteiger partial charge in [-0.1, -0.05) is 33.8 Å². The summed E-state index contributed by atoms with van der Waals surface area (Å²) in [5.41, 5.74) is 6.34. The zero-order valence-electron chi connectivity index (χ0n) is 19.4. The predicted molar refractivity (Wildman–Crippen MR) is 130 cm³/mol. The normalized spacial score (nSPS) is 12.1. The van der Waals surface area contributed by atoms with Crippen molar-refractivity contribution in [2.45, 2.75) is 53.4 Å². The third-order valence-electron chi connectivity index (χ3n) is 5.41. The maximum Gasteiger partial charge on any atom is 0.330 e. The Labute approximate surface area is 188 Å². The molecule has 0 spiro atoms. The van der Waals surface area contributed by atoms with Gasteiger partial charge in [-0.05, 0) is 59.9 Å². The molecular formula is C26H31NO3S. The molecule has 3 aromatic rings. The van der Waals surface area contributed by atoms with E-state index in [1.54, 1.807) is 11.3 Å². The highest BCUT2D eigenvalue weighted by Gasteiger charge is 2.20. The number of thiophene rings is 1. The standard InChI is InChI=1S/C26H31NO3S/c1-8-30-26-19(16(4)5)10-18(15(2)3)11-21(26)22-14-31-24-13-27-23(12-20(22)24)17(6)9-25(28)29-7/h9-16H,8H2,1-7H3/b17-9-. The SMILES string of the molecule is CCOc1c(-c2csc3cnc(/C(C)=C\C(=O)OC)cc23)cc(C(C)C)cc1C(C)C. The number of esters is 1. The van der Waals surface area contributed by atoms with Gasteiger partial charge in [-0.3, -0.25) is 4.98 Å². The number of nitrogens with zero attached hydrogens (tertiary/aromatic N) is 1. The van der Waals surface area contributed by atoms with E-state index in [4.69, 9.17) is 9.47 Å². The van der Waals surface area contributed by atoms with Crippen LogP contribution in [0.5, 0.6) is 5.75 Å². The van der Waals surface area contributed by atoms with Crippen molar-refractivity contribution in [1.29, 1.82) is 0 Å². The molecule has 0 N–H and O–H groups in total. The number of pyridine rings is 1. The molecular weight excluding hydrogens is 406 g/mol. The van der Waals surface area contributed by atoms with Crippen LogP contribution in [0.3, 0.4) is 0 Å². The Morgan fingerprint density at radius 2 is 1.87 bits per heavy atom. The minimum Gasteiger partial charge on any atom is -0.493 e. The number of allylic oxidation sites excluding steroid dienone is 1. The summed E-state index contributed by atoms with van der Waals surface area (Å²) in [4.78, 5) is 16.2. The summed E-state index contributed by atoms with van der Waals surface area (Å²) < 4.78 is 12.1. The lowest BCUT2D eigenvalue weighted by Crippen LogP contribution is -2.03. The van der Waals surface area contributed by atoms with Crippen LogP contribution in [-0.4, -0.2) is 24.7 Å². The second-order valence-corrected chi connectivity index (χ2v) is 9.21. The average Bonchev–Trinajstić information content (AvgIpc) is 3.16. The molecule has 31 heavy (non-hydrogen) atoms. The maximum atomic E-state index is 11.7. The van der Waals surface area contributed by atoms with E-state index in [9.17, 15) is 4.79 Å². The van der Waals surface area contributed by atoms with Crippen LogP contribution in [0.4, 0.5) is 0 Å². The first-order chi connectivity index (χ1) is 14.8. The second-order valence-electron chi connectivity index (χ2n) is 8.29. The lowest BCUT2D eigenvalue weighted by molar-refractivity contribution is -0.134. The number of fused-ring (bicyclic) bond motifs is 1. The molecule has 0 saturated carbocycles. The van der Waals surface area contributed by atoms with Crippen LogP contribution in [0, 0.1) is 0 Å². The maximum absolute atomic E-state index is 11.7. The lowest BCUT2D eigenvalue weighted by Gasteiger charge is -2.20. The minimum atomic E-state index is -0.380. The van der Waals surface area contributed by atoms with Crippen molar-refractivity contribution in [2.75, 3.05) is 13.7 Å². The molecule has 0 saturated heterocycles. The van der Waals surface area contributed by atoms with E-state index in [1.165, 1.54) is 24.3 Å². The molecule has 0 atom stereocenters. The molecule has 0 aliphatic heterocycles. The molecule has 2 aromatic heterocycles. The van der Waals surface area contributed by atoms with E-state index in [1.807, 2.05) is 20.0 Å². The highest BCUT2D eigenvalue weighted by Crippen LogP contribution is 2.44. The number of benzene rings is 1. The summed E-state index contributed by atoms with van der Waals surface area (Å²) in [5, 5.41) is 3.30. The van der Waals surface area contributed by atoms with Gasteiger partial charge < -0.3 is 9.47 Å². The van der Waals surface area contributed by atoms with E-state index in [2.05, 4.69) is 56.3 Å². The molecule has 0 fully saturated rings. The van der Waals surface area contributed by atoms with Crippen molar-refractivity contribution in [1.82, 2.24) is 4.98 Å². The van der Waals surface area contributed by atoms with Gasteiger partial charge >= 0.3 is 5.97 Å². The molecule has 0 radical (unpaired) electrons. The Morgan fingerprint density at radius 3 is 2.48 bits per heavy atom. The first-order valence-corrected chi connectivity index (χ1v) is 11.6. The fraction of sp³-hybridized carbons (Fsp3) is 0.385. The summed E-state index contributed by atoms with van der Waals surface area (Å²) in [6, 6.07) is 6.61. The summed E-state index contributed by atoms with van der Waals surface area (Å²) >= 11 is 1.67. The largest absolute Gasteiger partial charge is 0.493 e. The Morgan fingerprint density at radius 1 is 1.13 bits per heavy atom.